The molecule has 0 unspecified atom stereocenters. The number of nitrogens with one attached hydrogen (secondary N) is 1. The Morgan fingerprint density at radius 1 is 0.750 bits per heavy atom. The average Bonchev–Trinajstić information content (AvgIpc) is 3.28. The highest BCUT2D eigenvalue weighted by Crippen LogP contribution is 2.33. The highest BCUT2D eigenvalue weighted by molar-refractivity contribution is 9.10. The van der Waals surface area contributed by atoms with Crippen LogP contribution in [-0.2, 0) is 40.1 Å². The lowest BCUT2D eigenvalue weighted by Gasteiger charge is -2.25. The molecular weight excluding hydrogens is 1030 g/mol. The van der Waals surface area contributed by atoms with Crippen LogP contribution in [0.15, 0.2) is 136 Å². The van der Waals surface area contributed by atoms with Crippen LogP contribution in [0.25, 0.3) is 0 Å². The van der Waals surface area contributed by atoms with Crippen LogP contribution in [0.2, 0.25) is 10.0 Å². The van der Waals surface area contributed by atoms with Gasteiger partial charge >= 0.3 is 12.7 Å². The van der Waals surface area contributed by atoms with E-state index in [1.807, 2.05) is 32.9 Å². The fourth-order valence-corrected chi connectivity index (χ4v) is 9.19. The molecule has 0 saturated carbocycles. The Balaban J connectivity index is 0.000000239. The topological polar surface area (TPSA) is 167 Å². The number of carbonyl (C=O) groups is 2. The second-order valence-electron chi connectivity index (χ2n) is 16.7. The van der Waals surface area contributed by atoms with Crippen LogP contribution in [0, 0.1) is 11.6 Å². The van der Waals surface area contributed by atoms with Crippen LogP contribution >= 0.6 is 39.1 Å². The first-order chi connectivity index (χ1) is 31.7. The van der Waals surface area contributed by atoms with Gasteiger partial charge in [-0.05, 0) is 98.6 Å². The average molecular weight is 1080 g/mol. The number of hydroxylamine groups is 2. The maximum Gasteiger partial charge on any atom is 0.339 e. The molecule has 0 aliphatic carbocycles. The normalized spacial score (nSPS) is 11.5. The molecule has 0 spiro atoms. The number of anilines is 2. The molecule has 0 aliphatic rings. The molecule has 360 valence electrons. The summed E-state index contributed by atoms with van der Waals surface area (Å²) in [5.41, 5.74) is 1.51. The van der Waals surface area contributed by atoms with Gasteiger partial charge in [0.2, 0.25) is 5.78 Å². The monoisotopic (exact) mass is 1070 g/mol. The molecule has 2 aromatic heterocycles. The summed E-state index contributed by atoms with van der Waals surface area (Å²) in [6, 6.07) is 27.2. The van der Waals surface area contributed by atoms with E-state index in [0.29, 0.717) is 15.3 Å². The number of sulfonamides is 2. The van der Waals surface area contributed by atoms with E-state index >= 15 is 0 Å². The maximum atomic E-state index is 14.1. The number of hydrogen-bond acceptors (Lipinski definition) is 9. The second kappa shape index (κ2) is 23.1. The van der Waals surface area contributed by atoms with Crippen molar-refractivity contribution in [3.8, 4) is 0 Å². The van der Waals surface area contributed by atoms with Crippen LogP contribution in [0.5, 0.6) is 0 Å². The van der Waals surface area contributed by atoms with E-state index in [2.05, 4.69) is 62.7 Å². The number of halogens is 5. The first-order valence-corrected chi connectivity index (χ1v) is 24.7. The lowest BCUT2D eigenvalue weighted by Crippen LogP contribution is -2.33. The third-order valence-electron chi connectivity index (χ3n) is 9.66. The van der Waals surface area contributed by atoms with E-state index in [4.69, 9.17) is 27.9 Å². The van der Waals surface area contributed by atoms with Gasteiger partial charge in [-0.25, -0.2) is 39.9 Å². The van der Waals surface area contributed by atoms with Gasteiger partial charge in [0.15, 0.2) is 0 Å². The van der Waals surface area contributed by atoms with Crippen LogP contribution in [0.3, 0.4) is 0 Å². The van der Waals surface area contributed by atoms with Gasteiger partial charge in [0.1, 0.15) is 28.7 Å². The largest absolute Gasteiger partial charge is 0.363 e. The lowest BCUT2D eigenvalue weighted by atomic mass is 9.87. The number of pyridine rings is 2. The summed E-state index contributed by atoms with van der Waals surface area (Å²) in [5.74, 6) is -2.62. The van der Waals surface area contributed by atoms with Crippen molar-refractivity contribution in [3.63, 3.8) is 0 Å². The van der Waals surface area contributed by atoms with Gasteiger partial charge in [-0.3, -0.25) is 14.3 Å². The number of nitrogens with zero attached hydrogens (tertiary/aromatic N) is 4. The third-order valence-corrected chi connectivity index (χ3v) is 13.8. The molecule has 2 heterocycles. The Labute approximate surface area is 414 Å². The summed E-state index contributed by atoms with van der Waals surface area (Å²) in [4.78, 5) is 32.3. The predicted octanol–water partition coefficient (Wildman–Crippen LogP) is 11.0. The summed E-state index contributed by atoms with van der Waals surface area (Å²) in [6.45, 7) is 15.2. The molecule has 6 rings (SSSR count). The first kappa shape index (κ1) is 55.0. The maximum absolute atomic E-state index is 14.1. The van der Waals surface area contributed by atoms with Crippen LogP contribution in [0.4, 0.5) is 20.2 Å². The smallest absolute Gasteiger partial charge is 0.339 e. The van der Waals surface area contributed by atoms with Gasteiger partial charge in [0.25, 0.3) is 20.0 Å². The summed E-state index contributed by atoms with van der Waals surface area (Å²) < 4.78 is 92.4. The van der Waals surface area contributed by atoms with E-state index in [0.717, 1.165) is 26.6 Å². The number of aromatic nitrogens is 2. The number of hydrogen-bond donors (Lipinski definition) is 1. The minimum absolute atomic E-state index is 0.0137. The molecular formula is C48H49BrCl2F2N5O8S2+. The van der Waals surface area contributed by atoms with Gasteiger partial charge in [-0.1, -0.05) is 113 Å². The molecule has 0 atom stereocenters. The van der Waals surface area contributed by atoms with Gasteiger partial charge < -0.3 is 4.74 Å². The van der Waals surface area contributed by atoms with Crippen molar-refractivity contribution in [1.29, 1.82) is 0 Å². The predicted molar refractivity (Wildman–Crippen MR) is 264 cm³/mol. The molecule has 0 fully saturated rings. The Morgan fingerprint density at radius 2 is 1.22 bits per heavy atom. The highest BCUT2D eigenvalue weighted by atomic mass is 79.9. The van der Waals surface area contributed by atoms with Crippen molar-refractivity contribution in [2.45, 2.75) is 62.2 Å². The van der Waals surface area contributed by atoms with Crippen molar-refractivity contribution >= 4 is 89.0 Å². The Kier molecular flexibility index (Phi) is 18.7. The molecule has 20 heteroatoms. The van der Waals surface area contributed by atoms with Crippen LogP contribution < -0.4 is 9.03 Å². The van der Waals surface area contributed by atoms with E-state index < -0.39 is 43.4 Å². The van der Waals surface area contributed by atoms with E-state index in [-0.39, 0.29) is 54.9 Å². The molecule has 0 saturated heterocycles. The standard InChI is InChI=1S/C22H20ClFN2O3S.C17H20BrClN2O3S.C9H9FNO2/c1-22(2,3)14-8-10-16(11-9-14)30(28,29)26-19-12-15(23)13-25-20(19)21(27)17-6-4-5-7-18(17)24;1-17(2,3)12-5-7-14(8-6-12)25(22,23)21(11-24-4)15-9-13(19)10-20-16(15)18;1-11(13-2)9(12)7-5-3-4-6-8(7)10/h4-13,26H,1-3H3;5-10H,11H2,1-4H3;3-6H,2H2,1H3/q;;+1. The Bertz CT molecular complexity index is 2990. The molecule has 6 aromatic rings. The van der Waals surface area contributed by atoms with E-state index in [1.54, 1.807) is 30.3 Å². The number of carbonyl (C=O) groups excluding carboxylic acids is 3. The van der Waals surface area contributed by atoms with Gasteiger partial charge in [0.05, 0.1) is 49.4 Å². The molecule has 1 N–H and O–H groups in total. The zero-order valence-corrected chi connectivity index (χ0v) is 43.0. The zero-order chi connectivity index (χ0) is 50.8. The minimum atomic E-state index is -4.04. The third kappa shape index (κ3) is 14.2. The molecule has 4 aromatic carbocycles. The van der Waals surface area contributed by atoms with Crippen molar-refractivity contribution in [1.82, 2.24) is 15.0 Å². The summed E-state index contributed by atoms with van der Waals surface area (Å²) >= 11 is 15.2. The lowest BCUT2D eigenvalue weighted by molar-refractivity contribution is -0.605. The van der Waals surface area contributed by atoms with Crippen LogP contribution in [0.1, 0.15) is 79.1 Å². The van der Waals surface area contributed by atoms with Gasteiger partial charge in [-0.15, -0.1) is 4.53 Å². The fourth-order valence-electron chi connectivity index (χ4n) is 5.90. The van der Waals surface area contributed by atoms with Gasteiger partial charge in [0, 0.05) is 24.6 Å². The molecule has 0 bridgehead atoms. The van der Waals surface area contributed by atoms with Crippen LogP contribution in [-0.4, -0.2) is 71.2 Å². The van der Waals surface area contributed by atoms with Crippen molar-refractivity contribution < 1.29 is 44.5 Å². The SMILES string of the molecule is C=[O+]N(C)C(=O)c1ccccc1F.CC(C)(C)c1ccc(S(=O)(=O)Nc2cc(Cl)cnc2C(=O)c2ccccc2F)cc1.COCN(c1cc(Cl)cnc1Br)S(=O)(=O)c1ccc(C(C)(C)C)cc1. The van der Waals surface area contributed by atoms with Crippen molar-refractivity contribution in [2.24, 2.45) is 0 Å². The Morgan fingerprint density at radius 3 is 1.71 bits per heavy atom. The first-order valence-electron chi connectivity index (χ1n) is 20.2. The fraction of sp³-hybridized carbons (Fsp3) is 0.229. The molecule has 0 aliphatic heterocycles. The number of benzene rings is 4. The second-order valence-corrected chi connectivity index (χ2v) is 21.8. The number of ether oxygens (including phenoxy) is 1. The van der Waals surface area contributed by atoms with Gasteiger partial charge in [-0.2, -0.15) is 0 Å². The van der Waals surface area contributed by atoms with Crippen molar-refractivity contribution in [3.05, 3.63) is 176 Å². The quantitative estimate of drug-likeness (QED) is 0.0412. The number of methoxy groups -OCH3 is 1. The summed E-state index contributed by atoms with van der Waals surface area (Å²) in [5, 5.41) is 1.32. The van der Waals surface area contributed by atoms with Crippen molar-refractivity contribution in [2.75, 3.05) is 29.9 Å². The zero-order valence-electron chi connectivity index (χ0n) is 38.2. The molecule has 68 heavy (non-hydrogen) atoms. The highest BCUT2D eigenvalue weighted by Gasteiger charge is 2.29. The summed E-state index contributed by atoms with van der Waals surface area (Å²) in [6.07, 6.45) is 2.64. The summed E-state index contributed by atoms with van der Waals surface area (Å²) in [7, 11) is -5.08. The minimum Gasteiger partial charge on any atom is -0.363 e. The molecule has 1 amide bonds. The Hall–Kier alpha value is -5.63. The number of amides is 1. The number of rotatable bonds is 12. The molecule has 13 nitrogen and oxygen atoms in total. The van der Waals surface area contributed by atoms with E-state index in [9.17, 15) is 35.2 Å². The van der Waals surface area contributed by atoms with E-state index in [1.165, 1.54) is 87.2 Å². The molecule has 0 radical (unpaired) electrons. The number of ketones is 1.